The molecule has 1 amide bonds. The minimum absolute atomic E-state index is 0.0178. The third-order valence-corrected chi connectivity index (χ3v) is 11.5. The van der Waals surface area contributed by atoms with E-state index < -0.39 is 81.0 Å². The number of anilines is 1. The van der Waals surface area contributed by atoms with Crippen molar-refractivity contribution in [2.24, 2.45) is 13.0 Å². The zero-order chi connectivity index (χ0) is 40.3. The van der Waals surface area contributed by atoms with Gasteiger partial charge in [-0.25, -0.2) is 27.2 Å². The van der Waals surface area contributed by atoms with E-state index in [1.807, 2.05) is 0 Å². The number of hydrogen-bond acceptors (Lipinski definition) is 7. The molecule has 3 aliphatic carbocycles. The van der Waals surface area contributed by atoms with Crippen LogP contribution in [-0.4, -0.2) is 55.1 Å². The average Bonchev–Trinajstić information content (AvgIpc) is 3.57. The fraction of sp³-hybridized carbons (Fsp3) is 0.378. The minimum atomic E-state index is -5.06. The van der Waals surface area contributed by atoms with Crippen LogP contribution in [0.1, 0.15) is 77.6 Å². The lowest BCUT2D eigenvalue weighted by molar-refractivity contribution is -0.144. The number of aromatic nitrogens is 7. The fourth-order valence-corrected chi connectivity index (χ4v) is 8.83. The van der Waals surface area contributed by atoms with Crippen LogP contribution in [0.2, 0.25) is 0 Å². The van der Waals surface area contributed by atoms with E-state index in [1.165, 1.54) is 4.68 Å². The van der Waals surface area contributed by atoms with E-state index in [9.17, 15) is 35.2 Å². The Hall–Kier alpha value is -5.53. The van der Waals surface area contributed by atoms with Crippen molar-refractivity contribution in [3.05, 3.63) is 88.1 Å². The van der Waals surface area contributed by atoms with Crippen molar-refractivity contribution >= 4 is 43.8 Å². The van der Waals surface area contributed by atoms with Crippen molar-refractivity contribution < 1.29 is 43.9 Å². The molecule has 2 fully saturated rings. The van der Waals surface area contributed by atoms with Gasteiger partial charge in [-0.2, -0.15) is 32.1 Å². The predicted molar refractivity (Wildman–Crippen MR) is 192 cm³/mol. The molecule has 0 radical (unpaired) electrons. The van der Waals surface area contributed by atoms with Crippen molar-refractivity contribution in [1.82, 2.24) is 39.8 Å². The third-order valence-electron chi connectivity index (χ3n) is 10.9. The Morgan fingerprint density at radius 1 is 1.02 bits per heavy atom. The Balaban J connectivity index is 1.19. The number of carbonyl (C=O) groups excluding carboxylic acids is 1. The number of amides is 1. The highest BCUT2D eigenvalue weighted by Gasteiger charge is 2.63. The van der Waals surface area contributed by atoms with Gasteiger partial charge in [0.05, 0.1) is 29.0 Å². The molecule has 298 valence electrons. The van der Waals surface area contributed by atoms with Gasteiger partial charge in [0.25, 0.3) is 5.92 Å². The summed E-state index contributed by atoms with van der Waals surface area (Å²) >= 11 is 0. The van der Waals surface area contributed by atoms with Gasteiger partial charge in [-0.05, 0) is 67.9 Å². The predicted octanol–water partition coefficient (Wildman–Crippen LogP) is 6.95. The highest BCUT2D eigenvalue weighted by atomic mass is 32.2. The first-order valence-corrected chi connectivity index (χ1v) is 19.9. The number of alkyl halides is 5. The summed E-state index contributed by atoms with van der Waals surface area (Å²) < 4.78 is 132. The molecule has 4 aromatic heterocycles. The summed E-state index contributed by atoms with van der Waals surface area (Å²) in [5.74, 6) is -8.08. The molecule has 3 N–H and O–H groups in total. The number of fused-ring (bicyclic) bond motifs is 5. The Morgan fingerprint density at radius 3 is 2.40 bits per heavy atom. The quantitative estimate of drug-likeness (QED) is 0.127. The lowest BCUT2D eigenvalue weighted by Gasteiger charge is -2.34. The van der Waals surface area contributed by atoms with Crippen molar-refractivity contribution in [3.63, 3.8) is 0 Å². The number of pyridine rings is 1. The van der Waals surface area contributed by atoms with E-state index in [0.29, 0.717) is 44.1 Å². The van der Waals surface area contributed by atoms with Crippen molar-refractivity contribution in [1.29, 1.82) is 0 Å². The fourth-order valence-electron chi connectivity index (χ4n) is 8.33. The Bertz CT molecular complexity index is 2740. The lowest BCUT2D eigenvalue weighted by atomic mass is 9.73. The number of rotatable bonds is 10. The normalized spacial score (nSPS) is 19.4. The maximum Gasteiger partial charge on any atom is 0.435 e. The maximum atomic E-state index is 15.6. The van der Waals surface area contributed by atoms with Crippen molar-refractivity contribution in [2.75, 3.05) is 11.0 Å². The Labute approximate surface area is 318 Å². The molecule has 0 bridgehead atoms. The van der Waals surface area contributed by atoms with Crippen LogP contribution in [-0.2, 0) is 46.9 Å². The zero-order valence-electron chi connectivity index (χ0n) is 30.1. The second kappa shape index (κ2) is 12.7. The van der Waals surface area contributed by atoms with Gasteiger partial charge in [-0.3, -0.25) is 18.9 Å². The molecule has 57 heavy (non-hydrogen) atoms. The van der Waals surface area contributed by atoms with Crippen LogP contribution in [0, 0.1) is 17.6 Å². The molecule has 2 aromatic carbocycles. The second-order valence-corrected chi connectivity index (χ2v) is 16.8. The van der Waals surface area contributed by atoms with Gasteiger partial charge in [0.2, 0.25) is 15.9 Å². The molecule has 4 heterocycles. The number of benzene rings is 2. The first kappa shape index (κ1) is 37.1. The van der Waals surface area contributed by atoms with Gasteiger partial charge >= 0.3 is 6.18 Å². The number of halogens is 7. The van der Waals surface area contributed by atoms with Crippen LogP contribution in [0.15, 0.2) is 42.5 Å². The van der Waals surface area contributed by atoms with Gasteiger partial charge in [0.1, 0.15) is 29.7 Å². The molecular weight excluding hydrogens is 784 g/mol. The average molecular weight is 816 g/mol. The van der Waals surface area contributed by atoms with Crippen LogP contribution in [0.3, 0.4) is 0 Å². The molecule has 0 unspecified atom stereocenters. The first-order valence-electron chi connectivity index (χ1n) is 18.0. The SMILES string of the molecule is Cn1nc(NS(C)(=O)=O)c2cccc(-c3cc4[nH]c(C5CC5)nc4nc3[C@H](Cc3cc(F)cc(F)c3)NC(=O)Cn3nc(C(F)(F)F)c4c3C(F)(F)[C@@H]3CC[C@H]43)c21. The number of para-hydroxylation sites is 1. The summed E-state index contributed by atoms with van der Waals surface area (Å²) in [6.45, 7) is -1.04. The molecule has 6 aromatic rings. The molecule has 12 nitrogen and oxygen atoms in total. The maximum absolute atomic E-state index is 15.6. The molecule has 3 aliphatic rings. The summed E-state index contributed by atoms with van der Waals surface area (Å²) in [5.41, 5.74) is -0.910. The molecule has 20 heteroatoms. The number of carbonyl (C=O) groups is 1. The number of nitrogens with one attached hydrogen (secondary N) is 3. The van der Waals surface area contributed by atoms with E-state index in [1.54, 1.807) is 31.3 Å². The summed E-state index contributed by atoms with van der Waals surface area (Å²) in [6, 6.07) is 8.13. The number of aryl methyl sites for hydroxylation is 1. The van der Waals surface area contributed by atoms with Crippen LogP contribution >= 0.6 is 0 Å². The summed E-state index contributed by atoms with van der Waals surface area (Å²) in [4.78, 5) is 26.8. The van der Waals surface area contributed by atoms with Crippen LogP contribution < -0.4 is 10.0 Å². The number of imidazole rings is 1. The Morgan fingerprint density at radius 2 is 1.75 bits per heavy atom. The lowest BCUT2D eigenvalue weighted by Crippen LogP contribution is -2.36. The van der Waals surface area contributed by atoms with Crippen molar-refractivity contribution in [2.45, 2.75) is 68.6 Å². The van der Waals surface area contributed by atoms with Gasteiger partial charge in [-0.1, -0.05) is 12.1 Å². The number of hydrogen-bond donors (Lipinski definition) is 3. The van der Waals surface area contributed by atoms with E-state index in [4.69, 9.17) is 4.98 Å². The zero-order valence-corrected chi connectivity index (χ0v) is 30.9. The molecule has 0 aliphatic heterocycles. The highest BCUT2D eigenvalue weighted by molar-refractivity contribution is 7.92. The van der Waals surface area contributed by atoms with E-state index in [-0.39, 0.29) is 47.9 Å². The summed E-state index contributed by atoms with van der Waals surface area (Å²) in [7, 11) is -2.18. The monoisotopic (exact) mass is 815 g/mol. The van der Waals surface area contributed by atoms with Crippen LogP contribution in [0.4, 0.5) is 36.6 Å². The molecular formula is C37H32F7N9O3S. The van der Waals surface area contributed by atoms with E-state index >= 15 is 8.78 Å². The van der Waals surface area contributed by atoms with Gasteiger partial charge in [0.15, 0.2) is 17.2 Å². The van der Waals surface area contributed by atoms with E-state index in [2.05, 4.69) is 30.2 Å². The molecule has 2 saturated carbocycles. The summed E-state index contributed by atoms with van der Waals surface area (Å²) in [5, 5.41) is 11.0. The largest absolute Gasteiger partial charge is 0.435 e. The minimum Gasteiger partial charge on any atom is -0.346 e. The second-order valence-electron chi connectivity index (χ2n) is 15.0. The highest BCUT2D eigenvalue weighted by Crippen LogP contribution is 2.64. The van der Waals surface area contributed by atoms with Crippen molar-refractivity contribution in [3.8, 4) is 11.1 Å². The summed E-state index contributed by atoms with van der Waals surface area (Å²) in [6.07, 6.45) is -2.48. The standard InChI is InChI=1S/C37H32F7N9O3S/c1-52-30-20(4-3-5-22(30)34(50-52)51-57(2,55)56)23-14-26-35(48-33(46-26)17-6-7-17)47-29(23)25(12-16-10-18(38)13-19(39)11-16)45-27(54)15-53-32-28(31(49-53)37(42,43)44)21-8-9-24(21)36(32,40)41/h3-5,10-11,13-14,17,21,24-25H,6-9,12,15H2,1-2H3,(H,45,54)(H,50,51)(H,46,47,48)/t21-,24+,25-/m0/s1. The van der Waals surface area contributed by atoms with Crippen LogP contribution in [0.5, 0.6) is 0 Å². The first-order chi connectivity index (χ1) is 26.9. The smallest absolute Gasteiger partial charge is 0.346 e. The number of sulfonamides is 1. The van der Waals surface area contributed by atoms with Gasteiger partial charge in [-0.15, -0.1) is 0 Å². The molecule has 0 spiro atoms. The van der Waals surface area contributed by atoms with Crippen LogP contribution in [0.25, 0.3) is 33.2 Å². The topological polar surface area (TPSA) is 152 Å². The van der Waals surface area contributed by atoms with Gasteiger partial charge < -0.3 is 10.3 Å². The number of aromatic amines is 1. The van der Waals surface area contributed by atoms with Gasteiger partial charge in [0, 0.05) is 47.0 Å². The third kappa shape index (κ3) is 6.46. The van der Waals surface area contributed by atoms with E-state index in [0.717, 1.165) is 31.2 Å². The Kier molecular flexibility index (Phi) is 8.28. The number of H-pyrrole nitrogens is 1. The molecule has 9 rings (SSSR count). The number of nitrogens with zero attached hydrogens (tertiary/aromatic N) is 6. The molecule has 3 atom stereocenters. The molecule has 0 saturated heterocycles.